The van der Waals surface area contributed by atoms with Crippen LogP contribution in [-0.2, 0) is 0 Å². The first-order chi connectivity index (χ1) is 8.49. The van der Waals surface area contributed by atoms with E-state index in [2.05, 4.69) is 5.32 Å². The highest BCUT2D eigenvalue weighted by atomic mass is 32.2. The van der Waals surface area contributed by atoms with E-state index >= 15 is 0 Å². The molecule has 0 radical (unpaired) electrons. The molecule has 1 aromatic carbocycles. The smallest absolute Gasteiger partial charge is 0.299 e. The van der Waals surface area contributed by atoms with Crippen LogP contribution in [0.3, 0.4) is 0 Å². The van der Waals surface area contributed by atoms with Gasteiger partial charge in [0.25, 0.3) is 11.4 Å². The van der Waals surface area contributed by atoms with Crippen molar-refractivity contribution in [3.63, 3.8) is 0 Å². The minimum Gasteiger partial charge on any atom is -0.368 e. The van der Waals surface area contributed by atoms with E-state index in [1.807, 2.05) is 13.2 Å². The van der Waals surface area contributed by atoms with Gasteiger partial charge in [0.05, 0.1) is 21.3 Å². The van der Waals surface area contributed by atoms with Gasteiger partial charge in [-0.25, -0.2) is 0 Å². The Balaban J connectivity index is 3.11. The Hall–Kier alpha value is -1.83. The van der Waals surface area contributed by atoms with Gasteiger partial charge < -0.3 is 5.32 Å². The van der Waals surface area contributed by atoms with E-state index in [0.29, 0.717) is 5.69 Å². The van der Waals surface area contributed by atoms with Crippen molar-refractivity contribution >= 4 is 28.8 Å². The Kier molecular flexibility index (Phi) is 4.90. The minimum absolute atomic E-state index is 0.0326. The first-order valence-electron chi connectivity index (χ1n) is 5.21. The van der Waals surface area contributed by atoms with Crippen molar-refractivity contribution in [2.24, 2.45) is 0 Å². The van der Waals surface area contributed by atoms with E-state index < -0.39 is 9.85 Å². The number of rotatable bonds is 6. The zero-order chi connectivity index (χ0) is 13.7. The van der Waals surface area contributed by atoms with Crippen LogP contribution >= 0.6 is 11.8 Å². The lowest BCUT2D eigenvalue weighted by Gasteiger charge is -2.15. The molecule has 98 valence electrons. The van der Waals surface area contributed by atoms with Gasteiger partial charge in [-0.1, -0.05) is 6.92 Å². The van der Waals surface area contributed by atoms with Gasteiger partial charge in [0.15, 0.2) is 0 Å². The Bertz CT molecular complexity index is 462. The topological polar surface area (TPSA) is 98.3 Å². The Morgan fingerprint density at radius 2 is 2.00 bits per heavy atom. The average molecular weight is 271 g/mol. The zero-order valence-corrected chi connectivity index (χ0v) is 10.8. The number of nitro benzene ring substituents is 2. The maximum Gasteiger partial charge on any atom is 0.299 e. The number of nitro groups is 2. The number of non-ortho nitro benzene ring substituents is 1. The third kappa shape index (κ3) is 3.33. The van der Waals surface area contributed by atoms with Crippen LogP contribution in [0.2, 0.25) is 0 Å². The Morgan fingerprint density at radius 3 is 2.44 bits per heavy atom. The second kappa shape index (κ2) is 6.20. The van der Waals surface area contributed by atoms with E-state index in [-0.39, 0.29) is 16.7 Å². The summed E-state index contributed by atoms with van der Waals surface area (Å²) in [5.41, 5.74) is -0.270. The predicted octanol–water partition coefficient (Wildman–Crippen LogP) is 3.01. The molecule has 0 heterocycles. The second-order valence-electron chi connectivity index (χ2n) is 3.49. The first kappa shape index (κ1) is 14.2. The lowest BCUT2D eigenvalue weighted by Crippen LogP contribution is -2.14. The fraction of sp³-hybridized carbons (Fsp3) is 0.400. The van der Waals surface area contributed by atoms with Crippen molar-refractivity contribution < 1.29 is 9.85 Å². The maximum atomic E-state index is 10.9. The Morgan fingerprint density at radius 1 is 1.33 bits per heavy atom. The van der Waals surface area contributed by atoms with E-state index in [1.165, 1.54) is 23.9 Å². The van der Waals surface area contributed by atoms with E-state index in [4.69, 9.17) is 0 Å². The monoisotopic (exact) mass is 271 g/mol. The van der Waals surface area contributed by atoms with E-state index in [0.717, 1.165) is 12.5 Å². The number of hydrogen-bond donors (Lipinski definition) is 1. The van der Waals surface area contributed by atoms with Crippen molar-refractivity contribution in [3.05, 3.63) is 38.4 Å². The molecule has 7 nitrogen and oxygen atoms in total. The lowest BCUT2D eigenvalue weighted by atomic mass is 10.2. The van der Waals surface area contributed by atoms with Gasteiger partial charge >= 0.3 is 0 Å². The van der Waals surface area contributed by atoms with Crippen molar-refractivity contribution in [1.82, 2.24) is 0 Å². The van der Waals surface area contributed by atoms with Crippen LogP contribution in [0.5, 0.6) is 0 Å². The molecule has 1 atom stereocenters. The molecule has 0 aromatic heterocycles. The van der Waals surface area contributed by atoms with Gasteiger partial charge in [0.1, 0.15) is 5.69 Å². The molecule has 0 aliphatic heterocycles. The summed E-state index contributed by atoms with van der Waals surface area (Å²) >= 11 is 1.53. The molecule has 1 aromatic rings. The standard InChI is InChI=1S/C10H13N3O4S/c1-3-10(18-2)11-8-5-4-7(12(14)15)6-9(8)13(16)17/h4-6,10-11H,3H2,1-2H3. The van der Waals surface area contributed by atoms with Crippen LogP contribution in [0.15, 0.2) is 18.2 Å². The summed E-state index contributed by atoms with van der Waals surface area (Å²) in [5.74, 6) is 0. The van der Waals surface area contributed by atoms with E-state index in [9.17, 15) is 20.2 Å². The molecular weight excluding hydrogens is 258 g/mol. The summed E-state index contributed by atoms with van der Waals surface area (Å²) in [6, 6.07) is 3.59. The third-order valence-electron chi connectivity index (χ3n) is 2.36. The van der Waals surface area contributed by atoms with Crippen LogP contribution in [0.1, 0.15) is 13.3 Å². The number of hydrogen-bond acceptors (Lipinski definition) is 6. The summed E-state index contributed by atoms with van der Waals surface area (Å²) in [7, 11) is 0. The number of nitrogens with zero attached hydrogens (tertiary/aromatic N) is 2. The molecular formula is C10H13N3O4S. The zero-order valence-electron chi connectivity index (χ0n) is 9.95. The number of anilines is 1. The SMILES string of the molecule is CCC(Nc1ccc([N+](=O)[O-])cc1[N+](=O)[O-])SC. The molecule has 0 saturated heterocycles. The molecule has 18 heavy (non-hydrogen) atoms. The summed E-state index contributed by atoms with van der Waals surface area (Å²) in [4.78, 5) is 20.2. The maximum absolute atomic E-state index is 10.9. The van der Waals surface area contributed by atoms with Gasteiger partial charge in [-0.2, -0.15) is 0 Å². The summed E-state index contributed by atoms with van der Waals surface area (Å²) in [5, 5.41) is 24.5. The molecule has 0 aliphatic rings. The third-order valence-corrected chi connectivity index (χ3v) is 3.38. The summed E-state index contributed by atoms with van der Waals surface area (Å²) in [6.07, 6.45) is 2.67. The van der Waals surface area contributed by atoms with Gasteiger partial charge in [-0.05, 0) is 18.7 Å². The fourth-order valence-corrected chi connectivity index (χ4v) is 1.99. The minimum atomic E-state index is -0.650. The second-order valence-corrected chi connectivity index (χ2v) is 4.53. The van der Waals surface area contributed by atoms with Crippen LogP contribution < -0.4 is 5.32 Å². The summed E-state index contributed by atoms with van der Waals surface area (Å²) < 4.78 is 0. The predicted molar refractivity (Wildman–Crippen MR) is 71.0 cm³/mol. The van der Waals surface area contributed by atoms with Crippen molar-refractivity contribution in [2.45, 2.75) is 18.7 Å². The summed E-state index contributed by atoms with van der Waals surface area (Å²) in [6.45, 7) is 1.95. The van der Waals surface area contributed by atoms with E-state index in [1.54, 1.807) is 0 Å². The first-order valence-corrected chi connectivity index (χ1v) is 6.50. The van der Waals surface area contributed by atoms with Gasteiger partial charge in [0.2, 0.25) is 0 Å². The fourth-order valence-electron chi connectivity index (χ4n) is 1.41. The molecule has 0 amide bonds. The molecule has 0 saturated carbocycles. The molecule has 0 aliphatic carbocycles. The number of benzene rings is 1. The molecule has 8 heteroatoms. The highest BCUT2D eigenvalue weighted by Gasteiger charge is 2.20. The molecule has 1 unspecified atom stereocenters. The molecule has 1 N–H and O–H groups in total. The molecule has 1 rings (SSSR count). The number of thioether (sulfide) groups is 1. The van der Waals surface area contributed by atoms with Gasteiger partial charge in [-0.3, -0.25) is 20.2 Å². The van der Waals surface area contributed by atoms with Crippen LogP contribution in [0.25, 0.3) is 0 Å². The van der Waals surface area contributed by atoms with Crippen LogP contribution in [0, 0.1) is 20.2 Å². The van der Waals surface area contributed by atoms with Crippen LogP contribution in [0.4, 0.5) is 17.1 Å². The largest absolute Gasteiger partial charge is 0.368 e. The molecule has 0 fully saturated rings. The van der Waals surface area contributed by atoms with Crippen molar-refractivity contribution in [1.29, 1.82) is 0 Å². The molecule has 0 spiro atoms. The average Bonchev–Trinajstić information content (AvgIpc) is 2.35. The number of nitrogens with one attached hydrogen (secondary N) is 1. The molecule has 0 bridgehead atoms. The normalized spacial score (nSPS) is 11.9. The lowest BCUT2D eigenvalue weighted by molar-refractivity contribution is -0.393. The highest BCUT2D eigenvalue weighted by molar-refractivity contribution is 7.99. The van der Waals surface area contributed by atoms with Crippen LogP contribution in [-0.4, -0.2) is 21.5 Å². The highest BCUT2D eigenvalue weighted by Crippen LogP contribution is 2.30. The Labute approximate surface area is 108 Å². The quantitative estimate of drug-likeness (QED) is 0.485. The van der Waals surface area contributed by atoms with Gasteiger partial charge in [-0.15, -0.1) is 11.8 Å². The van der Waals surface area contributed by atoms with Gasteiger partial charge in [0, 0.05) is 6.07 Å². The van der Waals surface area contributed by atoms with Crippen molar-refractivity contribution in [3.8, 4) is 0 Å². The van der Waals surface area contributed by atoms with Crippen molar-refractivity contribution in [2.75, 3.05) is 11.6 Å².